The summed E-state index contributed by atoms with van der Waals surface area (Å²) in [7, 11) is 2.05. The number of likely N-dealkylation sites (N-methyl/N-ethyl adjacent to an activating group) is 1. The lowest BCUT2D eigenvalue weighted by Crippen LogP contribution is -2.47. The number of carbonyl (C=O) groups excluding carboxylic acids is 1. The summed E-state index contributed by atoms with van der Waals surface area (Å²) in [5.74, 6) is 0.857. The summed E-state index contributed by atoms with van der Waals surface area (Å²) in [5, 5.41) is 9.39. The molecule has 1 saturated heterocycles. The largest absolute Gasteiger partial charge is 0.376 e. The van der Waals surface area contributed by atoms with Crippen LogP contribution in [-0.2, 0) is 4.79 Å². The first-order valence-corrected chi connectivity index (χ1v) is 8.17. The van der Waals surface area contributed by atoms with Crippen molar-refractivity contribution >= 4 is 5.91 Å². The van der Waals surface area contributed by atoms with E-state index in [1.54, 1.807) is 11.1 Å². The summed E-state index contributed by atoms with van der Waals surface area (Å²) in [4.78, 5) is 18.6. The topological polar surface area (TPSA) is 50.6 Å². The third-order valence-corrected chi connectivity index (χ3v) is 3.65. The molecule has 1 heterocycles. The van der Waals surface area contributed by atoms with Crippen LogP contribution in [0.3, 0.4) is 0 Å². The van der Waals surface area contributed by atoms with Gasteiger partial charge in [-0.05, 0) is 18.9 Å². The van der Waals surface area contributed by atoms with E-state index < -0.39 is 0 Å². The van der Waals surface area contributed by atoms with Crippen molar-refractivity contribution in [1.29, 1.82) is 5.26 Å². The van der Waals surface area contributed by atoms with Crippen LogP contribution in [0, 0.1) is 23.2 Å². The number of nitrogens with zero attached hydrogens (tertiary/aromatic N) is 4. The van der Waals surface area contributed by atoms with Crippen LogP contribution in [0.25, 0.3) is 0 Å². The van der Waals surface area contributed by atoms with E-state index in [1.165, 1.54) is 0 Å². The Morgan fingerprint density at radius 2 is 1.64 bits per heavy atom. The molecule has 0 atom stereocenters. The first-order valence-electron chi connectivity index (χ1n) is 8.17. The second-order valence-electron chi connectivity index (χ2n) is 6.99. The van der Waals surface area contributed by atoms with Crippen molar-refractivity contribution in [2.75, 3.05) is 46.3 Å². The molecule has 22 heavy (non-hydrogen) atoms. The molecule has 0 aromatic heterocycles. The lowest BCUT2D eigenvalue weighted by Gasteiger charge is -2.32. The minimum absolute atomic E-state index is 0.131. The Balaban J connectivity index is 2.81. The zero-order valence-corrected chi connectivity index (χ0v) is 14.7. The van der Waals surface area contributed by atoms with Gasteiger partial charge in [0.15, 0.2) is 0 Å². The van der Waals surface area contributed by atoms with Crippen molar-refractivity contribution in [3.05, 3.63) is 11.8 Å². The zero-order valence-electron chi connectivity index (χ0n) is 14.7. The number of piperazine rings is 1. The van der Waals surface area contributed by atoms with Gasteiger partial charge in [0, 0.05) is 45.5 Å². The lowest BCUT2D eigenvalue weighted by molar-refractivity contribution is -0.128. The molecular formula is C17H30N4O. The second kappa shape index (κ2) is 8.79. The number of carbonyl (C=O) groups is 1. The highest BCUT2D eigenvalue weighted by atomic mass is 16.2. The molecule has 1 amide bonds. The van der Waals surface area contributed by atoms with Gasteiger partial charge >= 0.3 is 0 Å². The number of hydrogen-bond acceptors (Lipinski definition) is 4. The summed E-state index contributed by atoms with van der Waals surface area (Å²) in [6.07, 6.45) is 1.76. The average molecular weight is 306 g/mol. The predicted octanol–water partition coefficient (Wildman–Crippen LogP) is 1.78. The molecule has 1 aliphatic rings. The Morgan fingerprint density at radius 1 is 1.14 bits per heavy atom. The van der Waals surface area contributed by atoms with Gasteiger partial charge in [-0.15, -0.1) is 0 Å². The fourth-order valence-electron chi connectivity index (χ4n) is 2.61. The average Bonchev–Trinajstić information content (AvgIpc) is 2.43. The number of nitriles is 1. The number of amides is 1. The molecule has 0 spiro atoms. The fraction of sp³-hybridized carbons (Fsp3) is 0.765. The van der Waals surface area contributed by atoms with Gasteiger partial charge < -0.3 is 14.7 Å². The Hall–Kier alpha value is -1.54. The molecule has 0 saturated carbocycles. The number of rotatable bonds is 6. The van der Waals surface area contributed by atoms with Crippen molar-refractivity contribution < 1.29 is 4.79 Å². The monoisotopic (exact) mass is 306 g/mol. The molecule has 5 nitrogen and oxygen atoms in total. The van der Waals surface area contributed by atoms with Crippen LogP contribution in [0.2, 0.25) is 0 Å². The van der Waals surface area contributed by atoms with E-state index in [9.17, 15) is 10.1 Å². The summed E-state index contributed by atoms with van der Waals surface area (Å²) in [5.41, 5.74) is 0.255. The molecule has 0 aromatic carbocycles. The first kappa shape index (κ1) is 18.5. The molecule has 1 aliphatic heterocycles. The van der Waals surface area contributed by atoms with Gasteiger partial charge in [-0.2, -0.15) is 5.26 Å². The quantitative estimate of drug-likeness (QED) is 0.554. The van der Waals surface area contributed by atoms with Crippen LogP contribution in [-0.4, -0.2) is 66.9 Å². The van der Waals surface area contributed by atoms with E-state index in [-0.39, 0.29) is 11.5 Å². The predicted molar refractivity (Wildman–Crippen MR) is 89.0 cm³/mol. The standard InChI is InChI=1S/C17H30N4O/c1-14(2)11-20(12-15(3)4)13-16(10-18)17(22)21-8-6-19(5)7-9-21/h13-15H,6-9,11-12H2,1-5H3/b16-13-. The normalized spacial score (nSPS) is 17.0. The van der Waals surface area contributed by atoms with Crippen molar-refractivity contribution in [3.63, 3.8) is 0 Å². The molecular weight excluding hydrogens is 276 g/mol. The van der Waals surface area contributed by atoms with Crippen molar-refractivity contribution in [1.82, 2.24) is 14.7 Å². The summed E-state index contributed by atoms with van der Waals surface area (Å²) in [6.45, 7) is 13.4. The molecule has 1 fully saturated rings. The zero-order chi connectivity index (χ0) is 16.7. The van der Waals surface area contributed by atoms with Crippen LogP contribution < -0.4 is 0 Å². The highest BCUT2D eigenvalue weighted by Gasteiger charge is 2.23. The Kier molecular flexibility index (Phi) is 7.40. The van der Waals surface area contributed by atoms with Gasteiger partial charge in [0.05, 0.1) is 0 Å². The second-order valence-corrected chi connectivity index (χ2v) is 6.99. The van der Waals surface area contributed by atoms with Crippen LogP contribution in [0.1, 0.15) is 27.7 Å². The summed E-state index contributed by atoms with van der Waals surface area (Å²) >= 11 is 0. The third-order valence-electron chi connectivity index (χ3n) is 3.65. The molecule has 124 valence electrons. The van der Waals surface area contributed by atoms with E-state index in [1.807, 2.05) is 0 Å². The van der Waals surface area contributed by atoms with Crippen molar-refractivity contribution in [2.24, 2.45) is 11.8 Å². The minimum Gasteiger partial charge on any atom is -0.376 e. The molecule has 0 unspecified atom stereocenters. The minimum atomic E-state index is -0.131. The van der Waals surface area contributed by atoms with Crippen LogP contribution in [0.4, 0.5) is 0 Å². The molecule has 0 radical (unpaired) electrons. The fourth-order valence-corrected chi connectivity index (χ4v) is 2.61. The van der Waals surface area contributed by atoms with E-state index >= 15 is 0 Å². The number of hydrogen-bond donors (Lipinski definition) is 0. The van der Waals surface area contributed by atoms with Gasteiger partial charge in [-0.25, -0.2) is 0 Å². The lowest BCUT2D eigenvalue weighted by atomic mass is 10.1. The SMILES string of the molecule is CC(C)CN(/C=C(/C#N)C(=O)N1CCN(C)CC1)CC(C)C. The third kappa shape index (κ3) is 6.07. The van der Waals surface area contributed by atoms with Gasteiger partial charge in [-0.1, -0.05) is 27.7 Å². The van der Waals surface area contributed by atoms with E-state index in [2.05, 4.69) is 50.6 Å². The van der Waals surface area contributed by atoms with Crippen LogP contribution >= 0.6 is 0 Å². The molecule has 0 N–H and O–H groups in total. The molecule has 0 bridgehead atoms. The van der Waals surface area contributed by atoms with Crippen molar-refractivity contribution in [2.45, 2.75) is 27.7 Å². The smallest absolute Gasteiger partial charge is 0.266 e. The molecule has 0 aromatic rings. The van der Waals surface area contributed by atoms with Gasteiger partial charge in [-0.3, -0.25) is 4.79 Å². The highest BCUT2D eigenvalue weighted by molar-refractivity contribution is 5.97. The Labute approximate surface area is 135 Å². The van der Waals surface area contributed by atoms with Crippen molar-refractivity contribution in [3.8, 4) is 6.07 Å². The summed E-state index contributed by atoms with van der Waals surface area (Å²) < 4.78 is 0. The van der Waals surface area contributed by atoms with E-state index in [4.69, 9.17) is 0 Å². The maximum absolute atomic E-state index is 12.5. The Morgan fingerprint density at radius 3 is 2.05 bits per heavy atom. The van der Waals surface area contributed by atoms with Gasteiger partial charge in [0.25, 0.3) is 5.91 Å². The maximum atomic E-state index is 12.5. The van der Waals surface area contributed by atoms with E-state index in [0.717, 1.165) is 26.2 Å². The summed E-state index contributed by atoms with van der Waals surface area (Å²) in [6, 6.07) is 2.10. The van der Waals surface area contributed by atoms with Crippen LogP contribution in [0.5, 0.6) is 0 Å². The van der Waals surface area contributed by atoms with Gasteiger partial charge in [0.1, 0.15) is 11.6 Å². The van der Waals surface area contributed by atoms with Crippen LogP contribution in [0.15, 0.2) is 11.8 Å². The molecule has 1 rings (SSSR count). The highest BCUT2D eigenvalue weighted by Crippen LogP contribution is 2.10. The van der Waals surface area contributed by atoms with E-state index in [0.29, 0.717) is 24.9 Å². The Bertz CT molecular complexity index is 418. The molecule has 5 heteroatoms. The maximum Gasteiger partial charge on any atom is 0.266 e. The molecule has 0 aliphatic carbocycles. The van der Waals surface area contributed by atoms with Gasteiger partial charge in [0.2, 0.25) is 0 Å². The first-order chi connectivity index (χ1) is 10.3.